The summed E-state index contributed by atoms with van der Waals surface area (Å²) in [7, 11) is -3.65. The van der Waals surface area contributed by atoms with E-state index < -0.39 is 15.8 Å². The molecule has 0 bridgehead atoms. The number of sulfonamides is 1. The molecule has 3 nitrogen and oxygen atoms in total. The Kier molecular flexibility index (Phi) is 5.04. The average molecular weight is 320 g/mol. The second-order valence-electron chi connectivity index (χ2n) is 5.15. The van der Waals surface area contributed by atoms with Crippen molar-refractivity contribution in [1.82, 2.24) is 4.31 Å². The Morgan fingerprint density at radius 1 is 1.40 bits per heavy atom. The van der Waals surface area contributed by atoms with Crippen LogP contribution in [0.4, 0.5) is 4.39 Å². The lowest BCUT2D eigenvalue weighted by atomic mass is 10.0. The maximum Gasteiger partial charge on any atom is 0.243 e. The number of benzene rings is 1. The number of hydrogen-bond donors (Lipinski definition) is 0. The second kappa shape index (κ2) is 6.41. The molecule has 1 aliphatic heterocycles. The lowest BCUT2D eigenvalue weighted by Crippen LogP contribution is -2.44. The first kappa shape index (κ1) is 15.7. The zero-order chi connectivity index (χ0) is 14.8. The highest BCUT2D eigenvalue weighted by Crippen LogP contribution is 2.29. The fraction of sp³-hybridized carbons (Fsp3) is 0.571. The molecule has 0 spiro atoms. The monoisotopic (exact) mass is 319 g/mol. The SMILES string of the molecule is Cc1ccc(F)cc1S(=O)(=O)N1CCCCC1CCCl. The van der Waals surface area contributed by atoms with Gasteiger partial charge in [-0.3, -0.25) is 0 Å². The van der Waals surface area contributed by atoms with Gasteiger partial charge in [-0.05, 0) is 43.9 Å². The van der Waals surface area contributed by atoms with Crippen LogP contribution in [-0.4, -0.2) is 31.2 Å². The van der Waals surface area contributed by atoms with Gasteiger partial charge in [0.25, 0.3) is 0 Å². The first-order valence-electron chi connectivity index (χ1n) is 6.81. The molecular weight excluding hydrogens is 301 g/mol. The first-order chi connectivity index (χ1) is 9.46. The minimum Gasteiger partial charge on any atom is -0.207 e. The predicted molar refractivity (Wildman–Crippen MR) is 78.0 cm³/mol. The average Bonchev–Trinajstić information content (AvgIpc) is 2.42. The van der Waals surface area contributed by atoms with E-state index in [-0.39, 0.29) is 10.9 Å². The first-order valence-corrected chi connectivity index (χ1v) is 8.78. The summed E-state index contributed by atoms with van der Waals surface area (Å²) in [6.07, 6.45) is 3.30. The number of rotatable bonds is 4. The van der Waals surface area contributed by atoms with E-state index in [2.05, 4.69) is 0 Å². The normalized spacial score (nSPS) is 21.1. The van der Waals surface area contributed by atoms with Crippen LogP contribution in [-0.2, 0) is 10.0 Å². The number of aryl methyl sites for hydroxylation is 1. The van der Waals surface area contributed by atoms with E-state index in [1.54, 1.807) is 6.92 Å². The van der Waals surface area contributed by atoms with Gasteiger partial charge in [-0.1, -0.05) is 12.5 Å². The van der Waals surface area contributed by atoms with E-state index in [4.69, 9.17) is 11.6 Å². The molecule has 1 aromatic rings. The van der Waals surface area contributed by atoms with Gasteiger partial charge in [0.2, 0.25) is 10.0 Å². The zero-order valence-electron chi connectivity index (χ0n) is 11.5. The van der Waals surface area contributed by atoms with Gasteiger partial charge < -0.3 is 0 Å². The smallest absolute Gasteiger partial charge is 0.207 e. The highest BCUT2D eigenvalue weighted by Gasteiger charge is 2.34. The molecule has 1 unspecified atom stereocenters. The standard InChI is InChI=1S/C14H19ClFNO2S/c1-11-5-6-12(16)10-14(11)20(18,19)17-9-3-2-4-13(17)7-8-15/h5-6,10,13H,2-4,7-9H2,1H3. The van der Waals surface area contributed by atoms with Crippen LogP contribution in [0, 0.1) is 12.7 Å². The van der Waals surface area contributed by atoms with Crippen LogP contribution in [0.3, 0.4) is 0 Å². The minimum absolute atomic E-state index is 0.0685. The van der Waals surface area contributed by atoms with Gasteiger partial charge in [-0.2, -0.15) is 4.31 Å². The number of alkyl halides is 1. The third-order valence-corrected chi connectivity index (χ3v) is 6.06. The lowest BCUT2D eigenvalue weighted by Gasteiger charge is -2.34. The molecule has 0 radical (unpaired) electrons. The van der Waals surface area contributed by atoms with E-state index in [1.807, 2.05) is 0 Å². The Bertz CT molecular complexity index is 575. The number of halogens is 2. The van der Waals surface area contributed by atoms with E-state index in [1.165, 1.54) is 16.4 Å². The molecule has 0 aromatic heterocycles. The van der Waals surface area contributed by atoms with Crippen molar-refractivity contribution in [2.75, 3.05) is 12.4 Å². The number of piperidine rings is 1. The van der Waals surface area contributed by atoms with Gasteiger partial charge in [-0.15, -0.1) is 11.6 Å². The summed E-state index contributed by atoms with van der Waals surface area (Å²) in [5.74, 6) is -0.0983. The second-order valence-corrected chi connectivity index (χ2v) is 7.39. The maximum atomic E-state index is 13.4. The molecule has 112 valence electrons. The molecule has 0 amide bonds. The summed E-state index contributed by atoms with van der Waals surface area (Å²) in [5.41, 5.74) is 0.571. The van der Waals surface area contributed by atoms with Crippen LogP contribution in [0.5, 0.6) is 0 Å². The zero-order valence-corrected chi connectivity index (χ0v) is 13.1. The van der Waals surface area contributed by atoms with E-state index in [0.29, 0.717) is 24.4 Å². The summed E-state index contributed by atoms with van der Waals surface area (Å²) >= 11 is 5.77. The summed E-state index contributed by atoms with van der Waals surface area (Å²) in [6.45, 7) is 2.17. The Morgan fingerprint density at radius 3 is 2.85 bits per heavy atom. The summed E-state index contributed by atoms with van der Waals surface area (Å²) < 4.78 is 40.4. The Balaban J connectivity index is 2.39. The molecule has 0 saturated carbocycles. The van der Waals surface area contributed by atoms with Crippen molar-refractivity contribution >= 4 is 21.6 Å². The molecular formula is C14H19ClFNO2S. The Hall–Kier alpha value is -0.650. The number of hydrogen-bond acceptors (Lipinski definition) is 2. The maximum absolute atomic E-state index is 13.4. The van der Waals surface area contributed by atoms with Gasteiger partial charge in [0.15, 0.2) is 0 Å². The molecule has 1 saturated heterocycles. The van der Waals surface area contributed by atoms with Gasteiger partial charge in [-0.25, -0.2) is 12.8 Å². The molecule has 1 aromatic carbocycles. The molecule has 2 rings (SSSR count). The highest BCUT2D eigenvalue weighted by molar-refractivity contribution is 7.89. The molecule has 1 atom stereocenters. The van der Waals surface area contributed by atoms with Crippen molar-refractivity contribution in [1.29, 1.82) is 0 Å². The fourth-order valence-corrected chi connectivity index (χ4v) is 4.90. The van der Waals surface area contributed by atoms with Crippen molar-refractivity contribution in [2.45, 2.75) is 43.5 Å². The minimum atomic E-state index is -3.65. The Labute approximate surface area is 124 Å². The van der Waals surface area contributed by atoms with Crippen LogP contribution < -0.4 is 0 Å². The van der Waals surface area contributed by atoms with E-state index in [0.717, 1.165) is 25.3 Å². The van der Waals surface area contributed by atoms with Crippen molar-refractivity contribution in [3.63, 3.8) is 0 Å². The van der Waals surface area contributed by atoms with Crippen LogP contribution in [0.25, 0.3) is 0 Å². The summed E-state index contributed by atoms with van der Waals surface area (Å²) in [6, 6.07) is 3.81. The molecule has 0 N–H and O–H groups in total. The lowest BCUT2D eigenvalue weighted by molar-refractivity contribution is 0.247. The summed E-state index contributed by atoms with van der Waals surface area (Å²) in [4.78, 5) is 0.0685. The van der Waals surface area contributed by atoms with Crippen LogP contribution in [0.2, 0.25) is 0 Å². The number of nitrogens with zero attached hydrogens (tertiary/aromatic N) is 1. The largest absolute Gasteiger partial charge is 0.243 e. The van der Waals surface area contributed by atoms with Crippen molar-refractivity contribution in [3.8, 4) is 0 Å². The molecule has 1 aliphatic rings. The van der Waals surface area contributed by atoms with Crippen LogP contribution in [0.1, 0.15) is 31.2 Å². The predicted octanol–water partition coefficient (Wildman–Crippen LogP) is 3.31. The van der Waals surface area contributed by atoms with Gasteiger partial charge in [0, 0.05) is 18.5 Å². The molecule has 0 aliphatic carbocycles. The van der Waals surface area contributed by atoms with Crippen molar-refractivity contribution < 1.29 is 12.8 Å². The Morgan fingerprint density at radius 2 is 2.15 bits per heavy atom. The van der Waals surface area contributed by atoms with Crippen LogP contribution in [0.15, 0.2) is 23.1 Å². The quantitative estimate of drug-likeness (QED) is 0.798. The molecule has 20 heavy (non-hydrogen) atoms. The van der Waals surface area contributed by atoms with Crippen LogP contribution >= 0.6 is 11.6 Å². The fourth-order valence-electron chi connectivity index (χ4n) is 2.68. The van der Waals surface area contributed by atoms with Gasteiger partial charge in [0.1, 0.15) is 5.82 Å². The third-order valence-electron chi connectivity index (χ3n) is 3.75. The van der Waals surface area contributed by atoms with E-state index >= 15 is 0 Å². The third kappa shape index (κ3) is 3.15. The van der Waals surface area contributed by atoms with Gasteiger partial charge >= 0.3 is 0 Å². The topological polar surface area (TPSA) is 37.4 Å². The van der Waals surface area contributed by atoms with Gasteiger partial charge in [0.05, 0.1) is 4.90 Å². The van der Waals surface area contributed by atoms with E-state index in [9.17, 15) is 12.8 Å². The van der Waals surface area contributed by atoms with Crippen molar-refractivity contribution in [3.05, 3.63) is 29.6 Å². The highest BCUT2D eigenvalue weighted by atomic mass is 35.5. The molecule has 1 heterocycles. The molecule has 6 heteroatoms. The van der Waals surface area contributed by atoms with Crippen molar-refractivity contribution in [2.24, 2.45) is 0 Å². The molecule has 1 fully saturated rings. The summed E-state index contributed by atoms with van der Waals surface area (Å²) in [5, 5.41) is 0.